The summed E-state index contributed by atoms with van der Waals surface area (Å²) < 4.78 is 7.01. The van der Waals surface area contributed by atoms with Gasteiger partial charge in [0.2, 0.25) is 5.91 Å². The van der Waals surface area contributed by atoms with Gasteiger partial charge in [-0.1, -0.05) is 18.2 Å². The van der Waals surface area contributed by atoms with Crippen molar-refractivity contribution in [3.05, 3.63) is 65.7 Å². The van der Waals surface area contributed by atoms with E-state index in [0.29, 0.717) is 50.7 Å². The highest BCUT2D eigenvalue weighted by Gasteiger charge is 2.32. The number of fused-ring (bicyclic) bond motifs is 1. The van der Waals surface area contributed by atoms with E-state index >= 15 is 0 Å². The smallest absolute Gasteiger partial charge is 0.272 e. The Morgan fingerprint density at radius 2 is 1.82 bits per heavy atom. The molecule has 172 valence electrons. The largest absolute Gasteiger partial charge is 0.467 e. The average molecular weight is 449 g/mol. The van der Waals surface area contributed by atoms with Crippen molar-refractivity contribution < 1.29 is 14.0 Å². The van der Waals surface area contributed by atoms with Crippen molar-refractivity contribution >= 4 is 23.3 Å². The molecule has 0 bridgehead atoms. The van der Waals surface area contributed by atoms with E-state index in [0.717, 1.165) is 24.4 Å². The Hall–Kier alpha value is -3.75. The van der Waals surface area contributed by atoms with E-state index in [-0.39, 0.29) is 18.2 Å². The second-order valence-electron chi connectivity index (χ2n) is 8.44. The first kappa shape index (κ1) is 21.1. The SMILES string of the molecule is Nc1nn(CCC(=O)N2CCN(c3ccccc3)CC2)c2c1CCN(Cc1ccco1)C2=O. The van der Waals surface area contributed by atoms with Gasteiger partial charge in [-0.3, -0.25) is 14.3 Å². The highest BCUT2D eigenvalue weighted by Crippen LogP contribution is 2.26. The summed E-state index contributed by atoms with van der Waals surface area (Å²) in [7, 11) is 0. The van der Waals surface area contributed by atoms with Crippen LogP contribution in [0.2, 0.25) is 0 Å². The zero-order valence-corrected chi connectivity index (χ0v) is 18.5. The summed E-state index contributed by atoms with van der Waals surface area (Å²) in [6, 6.07) is 13.9. The molecule has 33 heavy (non-hydrogen) atoms. The highest BCUT2D eigenvalue weighted by atomic mass is 16.3. The molecular formula is C24H28N6O3. The fourth-order valence-corrected chi connectivity index (χ4v) is 4.62. The minimum atomic E-state index is -0.124. The molecule has 1 fully saturated rings. The summed E-state index contributed by atoms with van der Waals surface area (Å²) in [6.07, 6.45) is 2.52. The Labute approximate surface area is 192 Å². The van der Waals surface area contributed by atoms with Gasteiger partial charge in [0.15, 0.2) is 0 Å². The first-order chi connectivity index (χ1) is 16.1. The maximum atomic E-state index is 13.2. The van der Waals surface area contributed by atoms with Crippen molar-refractivity contribution in [1.29, 1.82) is 0 Å². The molecule has 2 aromatic heterocycles. The average Bonchev–Trinajstić information content (AvgIpc) is 3.48. The first-order valence-electron chi connectivity index (χ1n) is 11.3. The number of rotatable bonds is 6. The zero-order valence-electron chi connectivity index (χ0n) is 18.5. The Bertz CT molecular complexity index is 1120. The second kappa shape index (κ2) is 9.01. The predicted molar refractivity (Wildman–Crippen MR) is 124 cm³/mol. The predicted octanol–water partition coefficient (Wildman–Crippen LogP) is 2.00. The molecule has 2 aliphatic heterocycles. The van der Waals surface area contributed by atoms with Crippen LogP contribution in [-0.2, 0) is 24.3 Å². The number of carbonyl (C=O) groups excluding carboxylic acids is 2. The number of amides is 2. The van der Waals surface area contributed by atoms with Crippen LogP contribution in [0.4, 0.5) is 11.5 Å². The van der Waals surface area contributed by atoms with Crippen LogP contribution in [-0.4, -0.2) is 64.1 Å². The minimum Gasteiger partial charge on any atom is -0.467 e. The number of nitrogen functional groups attached to an aromatic ring is 1. The number of hydrogen-bond acceptors (Lipinski definition) is 6. The molecule has 0 unspecified atom stereocenters. The number of benzene rings is 1. The van der Waals surface area contributed by atoms with Gasteiger partial charge in [-0.2, -0.15) is 5.10 Å². The van der Waals surface area contributed by atoms with Crippen LogP contribution in [0.1, 0.15) is 28.2 Å². The molecule has 9 nitrogen and oxygen atoms in total. The van der Waals surface area contributed by atoms with Crippen molar-refractivity contribution in [3.8, 4) is 0 Å². The van der Waals surface area contributed by atoms with Crippen molar-refractivity contribution in [2.45, 2.75) is 25.9 Å². The molecule has 9 heteroatoms. The van der Waals surface area contributed by atoms with E-state index in [1.54, 1.807) is 15.8 Å². The lowest BCUT2D eigenvalue weighted by molar-refractivity contribution is -0.131. The topological polar surface area (TPSA) is 101 Å². The number of piperazine rings is 1. The summed E-state index contributed by atoms with van der Waals surface area (Å²) in [6.45, 7) is 4.28. The van der Waals surface area contributed by atoms with E-state index in [1.165, 1.54) is 5.69 Å². The van der Waals surface area contributed by atoms with Gasteiger partial charge in [0.25, 0.3) is 5.91 Å². The van der Waals surface area contributed by atoms with Crippen LogP contribution in [0.5, 0.6) is 0 Å². The number of hydrogen-bond donors (Lipinski definition) is 1. The van der Waals surface area contributed by atoms with Crippen LogP contribution >= 0.6 is 0 Å². The number of carbonyl (C=O) groups is 2. The van der Waals surface area contributed by atoms with E-state index in [1.807, 2.05) is 35.2 Å². The molecule has 1 aromatic carbocycles. The zero-order chi connectivity index (χ0) is 22.8. The monoisotopic (exact) mass is 448 g/mol. The molecule has 2 N–H and O–H groups in total. The van der Waals surface area contributed by atoms with Crippen molar-refractivity contribution in [2.75, 3.05) is 43.4 Å². The van der Waals surface area contributed by atoms with Gasteiger partial charge in [-0.25, -0.2) is 0 Å². The van der Waals surface area contributed by atoms with Crippen molar-refractivity contribution in [1.82, 2.24) is 19.6 Å². The molecule has 0 aliphatic carbocycles. The van der Waals surface area contributed by atoms with E-state index in [4.69, 9.17) is 10.2 Å². The maximum absolute atomic E-state index is 13.2. The molecule has 3 aromatic rings. The lowest BCUT2D eigenvalue weighted by Crippen LogP contribution is -2.49. The van der Waals surface area contributed by atoms with Gasteiger partial charge in [0, 0.05) is 50.4 Å². The molecular weight excluding hydrogens is 420 g/mol. The standard InChI is InChI=1S/C24H28N6O3/c25-23-20-8-10-29(17-19-7-4-16-33-19)24(32)22(20)30(26-23)11-9-21(31)28-14-12-27(13-15-28)18-5-2-1-3-6-18/h1-7,16H,8-15,17H2,(H2,25,26). The van der Waals surface area contributed by atoms with Crippen LogP contribution < -0.4 is 10.6 Å². The van der Waals surface area contributed by atoms with E-state index < -0.39 is 0 Å². The Morgan fingerprint density at radius 1 is 1.03 bits per heavy atom. The molecule has 0 radical (unpaired) electrons. The van der Waals surface area contributed by atoms with E-state index in [9.17, 15) is 9.59 Å². The van der Waals surface area contributed by atoms with Gasteiger partial charge in [0.1, 0.15) is 17.3 Å². The normalized spacial score (nSPS) is 16.2. The van der Waals surface area contributed by atoms with Gasteiger partial charge < -0.3 is 24.9 Å². The van der Waals surface area contributed by atoms with Crippen LogP contribution in [0.15, 0.2) is 53.1 Å². The third-order valence-electron chi connectivity index (χ3n) is 6.42. The fourth-order valence-electron chi connectivity index (χ4n) is 4.62. The van der Waals surface area contributed by atoms with Gasteiger partial charge in [-0.15, -0.1) is 0 Å². The quantitative estimate of drug-likeness (QED) is 0.619. The minimum absolute atomic E-state index is 0.0706. The summed E-state index contributed by atoms with van der Waals surface area (Å²) >= 11 is 0. The second-order valence-corrected chi connectivity index (χ2v) is 8.44. The van der Waals surface area contributed by atoms with Gasteiger partial charge in [-0.05, 0) is 30.7 Å². The van der Waals surface area contributed by atoms with Crippen LogP contribution in [0.25, 0.3) is 0 Å². The first-order valence-corrected chi connectivity index (χ1v) is 11.3. The van der Waals surface area contributed by atoms with E-state index in [2.05, 4.69) is 22.1 Å². The van der Waals surface area contributed by atoms with Crippen molar-refractivity contribution in [2.24, 2.45) is 0 Å². The molecule has 0 saturated carbocycles. The lowest BCUT2D eigenvalue weighted by Gasteiger charge is -2.36. The van der Waals surface area contributed by atoms with Gasteiger partial charge >= 0.3 is 0 Å². The Kier molecular flexibility index (Phi) is 5.77. The molecule has 1 saturated heterocycles. The molecule has 0 spiro atoms. The lowest BCUT2D eigenvalue weighted by atomic mass is 10.1. The summed E-state index contributed by atoms with van der Waals surface area (Å²) in [5.74, 6) is 1.05. The molecule has 4 heterocycles. The number of aryl methyl sites for hydroxylation is 1. The molecule has 0 atom stereocenters. The summed E-state index contributed by atoms with van der Waals surface area (Å²) in [5, 5.41) is 4.39. The number of furan rings is 1. The maximum Gasteiger partial charge on any atom is 0.272 e. The molecule has 5 rings (SSSR count). The Balaban J connectivity index is 1.20. The van der Waals surface area contributed by atoms with Crippen LogP contribution in [0, 0.1) is 0 Å². The summed E-state index contributed by atoms with van der Waals surface area (Å²) in [5.41, 5.74) is 8.55. The fraction of sp³-hybridized carbons (Fsp3) is 0.375. The number of nitrogens with zero attached hydrogens (tertiary/aromatic N) is 5. The van der Waals surface area contributed by atoms with Crippen LogP contribution in [0.3, 0.4) is 0 Å². The molecule has 2 aliphatic rings. The third-order valence-corrected chi connectivity index (χ3v) is 6.42. The number of anilines is 2. The Morgan fingerprint density at radius 3 is 2.55 bits per heavy atom. The van der Waals surface area contributed by atoms with Gasteiger partial charge in [0.05, 0.1) is 19.4 Å². The molecule has 2 amide bonds. The number of nitrogens with two attached hydrogens (primary N) is 1. The highest BCUT2D eigenvalue weighted by molar-refractivity contribution is 5.96. The number of aromatic nitrogens is 2. The summed E-state index contributed by atoms with van der Waals surface area (Å²) in [4.78, 5) is 32.0. The number of para-hydroxylation sites is 1. The van der Waals surface area contributed by atoms with Crippen molar-refractivity contribution in [3.63, 3.8) is 0 Å². The third kappa shape index (κ3) is 4.30.